The van der Waals surface area contributed by atoms with E-state index in [1.165, 1.54) is 15.9 Å². The molecule has 1 aliphatic heterocycles. The lowest BCUT2D eigenvalue weighted by atomic mass is 10.3. The van der Waals surface area contributed by atoms with Gasteiger partial charge in [-0.1, -0.05) is 12.1 Å². The number of benzene rings is 1. The van der Waals surface area contributed by atoms with E-state index < -0.39 is 5.82 Å². The first-order chi connectivity index (χ1) is 11.5. The molecule has 24 heavy (non-hydrogen) atoms. The Balaban J connectivity index is 1.77. The molecule has 2 rings (SSSR count). The van der Waals surface area contributed by atoms with Crippen molar-refractivity contribution in [2.24, 2.45) is 0 Å². The van der Waals surface area contributed by atoms with Crippen LogP contribution in [0.2, 0.25) is 0 Å². The lowest BCUT2D eigenvalue weighted by molar-refractivity contribution is -0.121. The van der Waals surface area contributed by atoms with Crippen LogP contribution in [0.5, 0.6) is 0 Å². The zero-order valence-corrected chi connectivity index (χ0v) is 14.1. The summed E-state index contributed by atoms with van der Waals surface area (Å²) < 4.78 is 19.2. The fraction of sp³-hybridized carbons (Fsp3) is 0.529. The molecular weight excluding hydrogens is 313 g/mol. The monoisotopic (exact) mass is 337 g/mol. The molecule has 0 atom stereocenters. The van der Waals surface area contributed by atoms with Gasteiger partial charge in [-0.05, 0) is 32.4 Å². The molecule has 1 aromatic carbocycles. The number of anilines is 1. The highest BCUT2D eigenvalue weighted by atomic mass is 19.1. The van der Waals surface area contributed by atoms with Gasteiger partial charge in [-0.15, -0.1) is 0 Å². The minimum absolute atomic E-state index is 0.0190. The number of carbonyl (C=O) groups excluding carboxylic acids is 2. The molecule has 1 saturated heterocycles. The molecule has 7 heteroatoms. The van der Waals surface area contributed by atoms with Gasteiger partial charge in [0.2, 0.25) is 5.91 Å². The molecule has 6 nitrogen and oxygen atoms in total. The molecular formula is C17H24FN3O3. The maximum Gasteiger partial charge on any atom is 0.325 e. The first-order valence-corrected chi connectivity index (χ1v) is 8.18. The Morgan fingerprint density at radius 2 is 2.08 bits per heavy atom. The van der Waals surface area contributed by atoms with E-state index in [9.17, 15) is 14.0 Å². The van der Waals surface area contributed by atoms with Crippen molar-refractivity contribution in [1.82, 2.24) is 10.2 Å². The van der Waals surface area contributed by atoms with Crippen LogP contribution in [0.4, 0.5) is 14.9 Å². The smallest absolute Gasteiger partial charge is 0.325 e. The van der Waals surface area contributed by atoms with Crippen LogP contribution in [0.3, 0.4) is 0 Å². The minimum Gasteiger partial charge on any atom is -0.379 e. The number of urea groups is 1. The van der Waals surface area contributed by atoms with Crippen molar-refractivity contribution < 1.29 is 18.7 Å². The Morgan fingerprint density at radius 3 is 2.79 bits per heavy atom. The highest BCUT2D eigenvalue weighted by molar-refractivity contribution is 5.96. The summed E-state index contributed by atoms with van der Waals surface area (Å²) in [6.45, 7) is 5.76. The van der Waals surface area contributed by atoms with Crippen LogP contribution in [0.1, 0.15) is 20.3 Å². The van der Waals surface area contributed by atoms with E-state index in [2.05, 4.69) is 5.32 Å². The predicted octanol–water partition coefficient (Wildman–Crippen LogP) is 2.00. The summed E-state index contributed by atoms with van der Waals surface area (Å²) in [5.41, 5.74) is 0.247. The second-order valence-corrected chi connectivity index (χ2v) is 5.93. The predicted molar refractivity (Wildman–Crippen MR) is 89.4 cm³/mol. The molecule has 1 aromatic rings. The Morgan fingerprint density at radius 1 is 1.33 bits per heavy atom. The Hall–Kier alpha value is -2.15. The van der Waals surface area contributed by atoms with Gasteiger partial charge in [0.05, 0.1) is 11.8 Å². The number of nitrogens with zero attached hydrogens (tertiary/aromatic N) is 2. The lowest BCUT2D eigenvalue weighted by Gasteiger charge is -2.18. The summed E-state index contributed by atoms with van der Waals surface area (Å²) in [4.78, 5) is 27.0. The van der Waals surface area contributed by atoms with Crippen molar-refractivity contribution in [2.75, 3.05) is 37.7 Å². The third-order valence-corrected chi connectivity index (χ3v) is 3.67. The molecule has 0 radical (unpaired) electrons. The SMILES string of the molecule is CC(C)OCCCNC(=O)CN1CCN(c2ccccc2F)C1=O. The lowest BCUT2D eigenvalue weighted by Crippen LogP contribution is -2.40. The molecule has 0 spiro atoms. The van der Waals surface area contributed by atoms with Gasteiger partial charge >= 0.3 is 6.03 Å². The number of carbonyl (C=O) groups is 2. The van der Waals surface area contributed by atoms with Crippen LogP contribution in [0.15, 0.2) is 24.3 Å². The van der Waals surface area contributed by atoms with E-state index in [1.54, 1.807) is 18.2 Å². The summed E-state index contributed by atoms with van der Waals surface area (Å²) in [6.07, 6.45) is 0.895. The average Bonchev–Trinajstić information content (AvgIpc) is 2.88. The van der Waals surface area contributed by atoms with Crippen LogP contribution in [-0.2, 0) is 9.53 Å². The Labute approximate surface area is 141 Å². The van der Waals surface area contributed by atoms with Crippen molar-refractivity contribution in [3.63, 3.8) is 0 Å². The Kier molecular flexibility index (Phi) is 6.54. The fourth-order valence-electron chi connectivity index (χ4n) is 2.47. The van der Waals surface area contributed by atoms with Crippen molar-refractivity contribution >= 4 is 17.6 Å². The van der Waals surface area contributed by atoms with Gasteiger partial charge in [0.25, 0.3) is 0 Å². The van der Waals surface area contributed by atoms with Gasteiger partial charge in [0.1, 0.15) is 12.4 Å². The minimum atomic E-state index is -0.442. The molecule has 0 aliphatic carbocycles. The number of ether oxygens (including phenoxy) is 1. The van der Waals surface area contributed by atoms with Crippen molar-refractivity contribution in [3.05, 3.63) is 30.1 Å². The highest BCUT2D eigenvalue weighted by Gasteiger charge is 2.31. The van der Waals surface area contributed by atoms with E-state index in [1.807, 2.05) is 13.8 Å². The van der Waals surface area contributed by atoms with Gasteiger partial charge in [-0.25, -0.2) is 9.18 Å². The van der Waals surface area contributed by atoms with Gasteiger partial charge in [0.15, 0.2) is 0 Å². The molecule has 0 saturated carbocycles. The van der Waals surface area contributed by atoms with Gasteiger partial charge in [-0.2, -0.15) is 0 Å². The van der Waals surface area contributed by atoms with E-state index in [0.717, 1.165) is 6.42 Å². The van der Waals surface area contributed by atoms with E-state index in [-0.39, 0.29) is 30.3 Å². The zero-order valence-electron chi connectivity index (χ0n) is 14.1. The molecule has 1 heterocycles. The number of rotatable bonds is 8. The summed E-state index contributed by atoms with van der Waals surface area (Å²) >= 11 is 0. The van der Waals surface area contributed by atoms with Crippen molar-refractivity contribution in [3.8, 4) is 0 Å². The van der Waals surface area contributed by atoms with E-state index in [4.69, 9.17) is 4.74 Å². The normalized spacial score (nSPS) is 14.6. The van der Waals surface area contributed by atoms with Crippen molar-refractivity contribution in [2.45, 2.75) is 26.4 Å². The third kappa shape index (κ3) is 4.92. The second-order valence-electron chi connectivity index (χ2n) is 5.93. The standard InChI is InChI=1S/C17H24FN3O3/c1-13(2)24-11-5-8-19-16(22)12-20-9-10-21(17(20)23)15-7-4-3-6-14(15)18/h3-4,6-7,13H,5,8-12H2,1-2H3,(H,19,22). The van der Waals surface area contributed by atoms with Crippen LogP contribution in [0, 0.1) is 5.82 Å². The van der Waals surface area contributed by atoms with Gasteiger partial charge in [0, 0.05) is 26.2 Å². The number of para-hydroxylation sites is 1. The molecule has 3 amide bonds. The largest absolute Gasteiger partial charge is 0.379 e. The molecule has 132 valence electrons. The maximum absolute atomic E-state index is 13.8. The number of hydrogen-bond donors (Lipinski definition) is 1. The fourth-order valence-corrected chi connectivity index (χ4v) is 2.47. The van der Waals surface area contributed by atoms with Gasteiger partial charge in [-0.3, -0.25) is 9.69 Å². The van der Waals surface area contributed by atoms with Crippen LogP contribution < -0.4 is 10.2 Å². The molecule has 0 unspecified atom stereocenters. The zero-order chi connectivity index (χ0) is 17.5. The van der Waals surface area contributed by atoms with Crippen LogP contribution >= 0.6 is 0 Å². The number of nitrogens with one attached hydrogen (secondary N) is 1. The van der Waals surface area contributed by atoms with Gasteiger partial charge < -0.3 is 15.0 Å². The molecule has 1 N–H and O–H groups in total. The van der Waals surface area contributed by atoms with Crippen molar-refractivity contribution in [1.29, 1.82) is 0 Å². The third-order valence-electron chi connectivity index (χ3n) is 3.67. The first kappa shape index (κ1) is 18.2. The highest BCUT2D eigenvalue weighted by Crippen LogP contribution is 2.23. The van der Waals surface area contributed by atoms with Crippen LogP contribution in [-0.4, -0.2) is 55.7 Å². The topological polar surface area (TPSA) is 61.9 Å². The maximum atomic E-state index is 13.8. The molecule has 1 aliphatic rings. The molecule has 1 fully saturated rings. The molecule has 0 aromatic heterocycles. The summed E-state index contributed by atoms with van der Waals surface area (Å²) in [5.74, 6) is -0.661. The summed E-state index contributed by atoms with van der Waals surface area (Å²) in [5, 5.41) is 2.76. The van der Waals surface area contributed by atoms with E-state index >= 15 is 0 Å². The summed E-state index contributed by atoms with van der Waals surface area (Å²) in [7, 11) is 0. The average molecular weight is 337 g/mol. The van der Waals surface area contributed by atoms with E-state index in [0.29, 0.717) is 26.2 Å². The quantitative estimate of drug-likeness (QED) is 0.738. The number of amides is 3. The molecule has 0 bridgehead atoms. The summed E-state index contributed by atoms with van der Waals surface area (Å²) in [6, 6.07) is 5.79. The number of hydrogen-bond acceptors (Lipinski definition) is 3. The first-order valence-electron chi connectivity index (χ1n) is 8.18. The second kappa shape index (κ2) is 8.63. The number of halogens is 1. The Bertz CT molecular complexity index is 580. The van der Waals surface area contributed by atoms with Crippen LogP contribution in [0.25, 0.3) is 0 Å².